The second-order valence-electron chi connectivity index (χ2n) is 2.13. The molecule has 76 valence electrons. The lowest BCUT2D eigenvalue weighted by Gasteiger charge is -2.16. The Labute approximate surface area is 71.1 Å². The fourth-order valence-corrected chi connectivity index (χ4v) is 0.234. The molecule has 13 heavy (non-hydrogen) atoms. The van der Waals surface area contributed by atoms with E-state index in [0.717, 1.165) is 0 Å². The van der Waals surface area contributed by atoms with Crippen molar-refractivity contribution in [1.82, 2.24) is 0 Å². The Hall–Kier alpha value is -1.10. The molecule has 0 fully saturated rings. The molecule has 0 atom stereocenters. The van der Waals surface area contributed by atoms with Crippen LogP contribution in [0, 0.1) is 0 Å². The minimum atomic E-state index is -3.40. The highest BCUT2D eigenvalue weighted by Gasteiger charge is 2.38. The standard InChI is InChI=1S/C4H8N2O7/c5-3(9,10)1(7)13-2(8)4(6,11)12/h9-12H,5-6H2. The first kappa shape index (κ1) is 11.9. The number of carbonyl (C=O) groups is 2. The molecular formula is C4H8N2O7. The van der Waals surface area contributed by atoms with Gasteiger partial charge in [0.1, 0.15) is 0 Å². The monoisotopic (exact) mass is 196 g/mol. The van der Waals surface area contributed by atoms with Crippen LogP contribution >= 0.6 is 0 Å². The maximum absolute atomic E-state index is 10.4. The summed E-state index contributed by atoms with van der Waals surface area (Å²) in [7, 11) is 0. The number of ether oxygens (including phenoxy) is 1. The molecule has 0 saturated carbocycles. The topological polar surface area (TPSA) is 176 Å². The maximum Gasteiger partial charge on any atom is 0.391 e. The second kappa shape index (κ2) is 3.33. The Kier molecular flexibility index (Phi) is 3.05. The van der Waals surface area contributed by atoms with Crippen molar-refractivity contribution in [3.05, 3.63) is 0 Å². The lowest BCUT2D eigenvalue weighted by atomic mass is 10.5. The van der Waals surface area contributed by atoms with Gasteiger partial charge in [-0.1, -0.05) is 0 Å². The molecule has 8 N–H and O–H groups in total. The van der Waals surface area contributed by atoms with E-state index in [2.05, 4.69) is 16.2 Å². The Morgan fingerprint density at radius 2 is 1.15 bits per heavy atom. The van der Waals surface area contributed by atoms with Crippen molar-refractivity contribution >= 4 is 11.9 Å². The van der Waals surface area contributed by atoms with Crippen LogP contribution in [0.2, 0.25) is 0 Å². The third-order valence-electron chi connectivity index (χ3n) is 0.786. The molecule has 0 aromatic carbocycles. The fraction of sp³-hybridized carbons (Fsp3) is 0.500. The Balaban J connectivity index is 4.34. The van der Waals surface area contributed by atoms with Gasteiger partial charge in [0.15, 0.2) is 0 Å². The molecule has 9 heteroatoms. The summed E-state index contributed by atoms with van der Waals surface area (Å²) in [6, 6.07) is 0. The number of hydrogen-bond donors (Lipinski definition) is 6. The van der Waals surface area contributed by atoms with E-state index in [0.29, 0.717) is 0 Å². The molecule has 0 rings (SSSR count). The lowest BCUT2D eigenvalue weighted by molar-refractivity contribution is -0.228. The summed E-state index contributed by atoms with van der Waals surface area (Å²) in [5, 5.41) is 33.2. The molecule has 0 aliphatic carbocycles. The van der Waals surface area contributed by atoms with Gasteiger partial charge in [-0.15, -0.1) is 0 Å². The van der Waals surface area contributed by atoms with Gasteiger partial charge in [0.25, 0.3) is 0 Å². The van der Waals surface area contributed by atoms with Crippen molar-refractivity contribution in [1.29, 1.82) is 0 Å². The van der Waals surface area contributed by atoms with Crippen molar-refractivity contribution in [3.63, 3.8) is 0 Å². The van der Waals surface area contributed by atoms with Crippen LogP contribution in [0.15, 0.2) is 0 Å². The van der Waals surface area contributed by atoms with Gasteiger partial charge in [0.05, 0.1) is 0 Å². The number of rotatable bonds is 2. The van der Waals surface area contributed by atoms with Crippen LogP contribution in [0.5, 0.6) is 0 Å². The molecule has 0 aliphatic heterocycles. The van der Waals surface area contributed by atoms with Crippen molar-refractivity contribution in [2.45, 2.75) is 11.8 Å². The first-order valence-corrected chi connectivity index (χ1v) is 2.79. The predicted molar refractivity (Wildman–Crippen MR) is 33.8 cm³/mol. The molecule has 0 aromatic rings. The zero-order chi connectivity index (χ0) is 10.9. The second-order valence-corrected chi connectivity index (χ2v) is 2.13. The van der Waals surface area contributed by atoms with Crippen LogP contribution < -0.4 is 11.5 Å². The minimum Gasteiger partial charge on any atom is -0.383 e. The van der Waals surface area contributed by atoms with Crippen molar-refractivity contribution in [2.75, 3.05) is 0 Å². The quantitative estimate of drug-likeness (QED) is 0.144. The van der Waals surface area contributed by atoms with E-state index >= 15 is 0 Å². The largest absolute Gasteiger partial charge is 0.391 e. The van der Waals surface area contributed by atoms with Crippen molar-refractivity contribution in [2.24, 2.45) is 11.5 Å². The normalized spacial score (nSPS) is 12.5. The maximum atomic E-state index is 10.4. The van der Waals surface area contributed by atoms with Crippen molar-refractivity contribution < 1.29 is 34.8 Å². The Morgan fingerprint density at radius 1 is 0.923 bits per heavy atom. The van der Waals surface area contributed by atoms with Crippen LogP contribution in [0.25, 0.3) is 0 Å². The number of hydrogen-bond acceptors (Lipinski definition) is 9. The van der Waals surface area contributed by atoms with Gasteiger partial charge < -0.3 is 25.2 Å². The fourth-order valence-electron chi connectivity index (χ4n) is 0.234. The smallest absolute Gasteiger partial charge is 0.383 e. The van der Waals surface area contributed by atoms with Gasteiger partial charge in [-0.25, -0.2) is 9.59 Å². The van der Waals surface area contributed by atoms with E-state index in [1.807, 2.05) is 0 Å². The summed E-state index contributed by atoms with van der Waals surface area (Å²) < 4.78 is 3.45. The number of esters is 2. The molecule has 0 radical (unpaired) electrons. The number of carbonyl (C=O) groups excluding carboxylic acids is 2. The van der Waals surface area contributed by atoms with Gasteiger partial charge in [0, 0.05) is 0 Å². The van der Waals surface area contributed by atoms with Gasteiger partial charge in [-0.05, 0) is 0 Å². The summed E-state index contributed by atoms with van der Waals surface area (Å²) in [6.45, 7) is 0. The molecule has 0 heterocycles. The van der Waals surface area contributed by atoms with Crippen LogP contribution in [-0.4, -0.2) is 44.2 Å². The molecule has 0 aliphatic rings. The van der Waals surface area contributed by atoms with Crippen LogP contribution in [-0.2, 0) is 14.3 Å². The number of nitrogens with two attached hydrogens (primary N) is 2. The molecule has 0 aromatic heterocycles. The first-order chi connectivity index (χ1) is 5.55. The summed E-state index contributed by atoms with van der Waals surface area (Å²) in [5.41, 5.74) is 8.70. The third kappa shape index (κ3) is 3.89. The average molecular weight is 196 g/mol. The Morgan fingerprint density at radius 3 is 1.31 bits per heavy atom. The van der Waals surface area contributed by atoms with Gasteiger partial charge >= 0.3 is 23.8 Å². The van der Waals surface area contributed by atoms with E-state index in [1.54, 1.807) is 0 Å². The summed E-state index contributed by atoms with van der Waals surface area (Å²) in [4.78, 5) is 20.8. The molecule has 0 bridgehead atoms. The van der Waals surface area contributed by atoms with Gasteiger partial charge in [-0.2, -0.15) is 0 Å². The minimum absolute atomic E-state index is 1.99. The van der Waals surface area contributed by atoms with E-state index in [9.17, 15) is 9.59 Å². The lowest BCUT2D eigenvalue weighted by Crippen LogP contribution is -2.54. The zero-order valence-corrected chi connectivity index (χ0v) is 6.17. The molecule has 0 spiro atoms. The summed E-state index contributed by atoms with van der Waals surface area (Å²) >= 11 is 0. The number of aliphatic hydroxyl groups is 4. The zero-order valence-electron chi connectivity index (χ0n) is 6.17. The van der Waals surface area contributed by atoms with E-state index in [-0.39, 0.29) is 0 Å². The molecule has 0 unspecified atom stereocenters. The highest BCUT2D eigenvalue weighted by Crippen LogP contribution is 1.98. The Bertz CT molecular complexity index is 200. The van der Waals surface area contributed by atoms with E-state index in [1.165, 1.54) is 0 Å². The predicted octanol–water partition coefficient (Wildman–Crippen LogP) is -4.75. The van der Waals surface area contributed by atoms with E-state index in [4.69, 9.17) is 20.4 Å². The summed E-state index contributed by atoms with van der Waals surface area (Å²) in [5.74, 6) is -10.8. The van der Waals surface area contributed by atoms with E-state index < -0.39 is 23.8 Å². The first-order valence-electron chi connectivity index (χ1n) is 2.79. The van der Waals surface area contributed by atoms with Crippen LogP contribution in [0.1, 0.15) is 0 Å². The highest BCUT2D eigenvalue weighted by molar-refractivity contribution is 5.91. The third-order valence-corrected chi connectivity index (χ3v) is 0.786. The molecule has 0 saturated heterocycles. The van der Waals surface area contributed by atoms with Crippen LogP contribution in [0.3, 0.4) is 0 Å². The average Bonchev–Trinajstić information content (AvgIpc) is 1.82. The van der Waals surface area contributed by atoms with Crippen LogP contribution in [0.4, 0.5) is 0 Å². The van der Waals surface area contributed by atoms with Crippen molar-refractivity contribution in [3.8, 4) is 0 Å². The van der Waals surface area contributed by atoms with Gasteiger partial charge in [-0.3, -0.25) is 11.5 Å². The molecular weight excluding hydrogens is 188 g/mol. The highest BCUT2D eigenvalue weighted by atomic mass is 16.7. The van der Waals surface area contributed by atoms with Gasteiger partial charge in [0.2, 0.25) is 0 Å². The molecule has 0 amide bonds. The SMILES string of the molecule is NC(O)(O)C(=O)OC(=O)C(N)(O)O. The molecule has 9 nitrogen and oxygen atoms in total. The summed E-state index contributed by atoms with van der Waals surface area (Å²) in [6.07, 6.45) is 0.